The van der Waals surface area contributed by atoms with Crippen LogP contribution < -0.4 is 19.7 Å². The van der Waals surface area contributed by atoms with E-state index in [0.29, 0.717) is 16.5 Å². The van der Waals surface area contributed by atoms with E-state index in [1.165, 1.54) is 0 Å². The molecule has 1 aliphatic heterocycles. The number of hydrogen-bond acceptors (Lipinski definition) is 6. The SMILES string of the molecule is COc1ccc([C@H]2NC(=O)C(C#N)=C(S)N2c2ccccc2C)cc1OC. The van der Waals surface area contributed by atoms with Crippen LogP contribution in [0.15, 0.2) is 53.1 Å². The molecule has 0 radical (unpaired) electrons. The van der Waals surface area contributed by atoms with Gasteiger partial charge in [-0.05, 0) is 36.2 Å². The summed E-state index contributed by atoms with van der Waals surface area (Å²) in [5, 5.41) is 12.6. The lowest BCUT2D eigenvalue weighted by Crippen LogP contribution is -2.46. The topological polar surface area (TPSA) is 74.6 Å². The molecule has 0 saturated carbocycles. The lowest BCUT2D eigenvalue weighted by Gasteiger charge is -2.38. The predicted octanol–water partition coefficient (Wildman–Crippen LogP) is 3.31. The van der Waals surface area contributed by atoms with E-state index in [1.54, 1.807) is 26.4 Å². The molecule has 6 nitrogen and oxygen atoms in total. The number of nitrogens with zero attached hydrogens (tertiary/aromatic N) is 2. The quantitative estimate of drug-likeness (QED) is 0.795. The molecule has 0 unspecified atom stereocenters. The van der Waals surface area contributed by atoms with Gasteiger partial charge in [0.2, 0.25) is 0 Å². The normalized spacial score (nSPS) is 16.6. The zero-order valence-electron chi connectivity index (χ0n) is 15.2. The zero-order chi connectivity index (χ0) is 19.6. The third kappa shape index (κ3) is 3.32. The van der Waals surface area contributed by atoms with Crippen molar-refractivity contribution in [2.24, 2.45) is 0 Å². The van der Waals surface area contributed by atoms with Crippen LogP contribution in [0.1, 0.15) is 17.3 Å². The molecule has 2 aromatic carbocycles. The number of anilines is 1. The van der Waals surface area contributed by atoms with Crippen LogP contribution in [0.2, 0.25) is 0 Å². The van der Waals surface area contributed by atoms with Gasteiger partial charge in [-0.25, -0.2) is 0 Å². The molecule has 7 heteroatoms. The fourth-order valence-electron chi connectivity index (χ4n) is 3.05. The molecule has 1 heterocycles. The minimum atomic E-state index is -0.553. The molecule has 1 atom stereocenters. The Morgan fingerprint density at radius 2 is 1.85 bits per heavy atom. The molecule has 0 aliphatic carbocycles. The number of methoxy groups -OCH3 is 2. The number of amides is 1. The van der Waals surface area contributed by atoms with Crippen molar-refractivity contribution >= 4 is 24.2 Å². The smallest absolute Gasteiger partial charge is 0.266 e. The summed E-state index contributed by atoms with van der Waals surface area (Å²) < 4.78 is 10.7. The number of hydrogen-bond donors (Lipinski definition) is 2. The summed E-state index contributed by atoms with van der Waals surface area (Å²) in [5.41, 5.74) is 2.57. The van der Waals surface area contributed by atoms with Crippen molar-refractivity contribution in [1.82, 2.24) is 5.32 Å². The van der Waals surface area contributed by atoms with E-state index in [4.69, 9.17) is 9.47 Å². The van der Waals surface area contributed by atoms with Crippen LogP contribution in [-0.2, 0) is 4.79 Å². The Labute approximate surface area is 163 Å². The predicted molar refractivity (Wildman–Crippen MR) is 106 cm³/mol. The molecule has 138 valence electrons. The number of thiol groups is 1. The van der Waals surface area contributed by atoms with Crippen molar-refractivity contribution in [1.29, 1.82) is 5.26 Å². The van der Waals surface area contributed by atoms with Crippen molar-refractivity contribution in [3.8, 4) is 17.6 Å². The van der Waals surface area contributed by atoms with E-state index < -0.39 is 12.1 Å². The fraction of sp³-hybridized carbons (Fsp3) is 0.200. The minimum Gasteiger partial charge on any atom is -0.493 e. The third-order valence-corrected chi connectivity index (χ3v) is 4.85. The second-order valence-electron chi connectivity index (χ2n) is 5.96. The molecule has 0 aromatic heterocycles. The summed E-state index contributed by atoms with van der Waals surface area (Å²) in [6, 6.07) is 15.1. The van der Waals surface area contributed by atoms with E-state index in [-0.39, 0.29) is 5.57 Å². The van der Waals surface area contributed by atoms with Gasteiger partial charge in [-0.1, -0.05) is 24.3 Å². The average molecular weight is 381 g/mol. The molecule has 27 heavy (non-hydrogen) atoms. The molecule has 1 amide bonds. The Hall–Kier alpha value is -3.11. The van der Waals surface area contributed by atoms with Gasteiger partial charge in [-0.3, -0.25) is 4.79 Å². The fourth-order valence-corrected chi connectivity index (χ4v) is 3.42. The Bertz CT molecular complexity index is 965. The molecule has 2 aromatic rings. The van der Waals surface area contributed by atoms with Crippen molar-refractivity contribution in [3.63, 3.8) is 0 Å². The van der Waals surface area contributed by atoms with Crippen LogP contribution >= 0.6 is 12.6 Å². The second-order valence-corrected chi connectivity index (χ2v) is 6.38. The van der Waals surface area contributed by atoms with Crippen LogP contribution in [0.25, 0.3) is 0 Å². The summed E-state index contributed by atoms with van der Waals surface area (Å²) >= 11 is 4.51. The van der Waals surface area contributed by atoms with E-state index in [9.17, 15) is 10.1 Å². The van der Waals surface area contributed by atoms with Gasteiger partial charge in [0.05, 0.1) is 19.2 Å². The third-order valence-electron chi connectivity index (χ3n) is 4.41. The van der Waals surface area contributed by atoms with Gasteiger partial charge >= 0.3 is 0 Å². The Morgan fingerprint density at radius 1 is 1.15 bits per heavy atom. The molecular formula is C20H19N3O3S. The molecule has 0 spiro atoms. The van der Waals surface area contributed by atoms with Gasteiger partial charge in [-0.15, -0.1) is 12.6 Å². The minimum absolute atomic E-state index is 0.0293. The highest BCUT2D eigenvalue weighted by molar-refractivity contribution is 7.84. The highest BCUT2D eigenvalue weighted by Gasteiger charge is 2.34. The number of carbonyl (C=O) groups excluding carboxylic acids is 1. The van der Waals surface area contributed by atoms with Crippen molar-refractivity contribution < 1.29 is 14.3 Å². The van der Waals surface area contributed by atoms with E-state index in [0.717, 1.165) is 16.8 Å². The second kappa shape index (κ2) is 7.64. The maximum Gasteiger partial charge on any atom is 0.266 e. The van der Waals surface area contributed by atoms with Gasteiger partial charge in [0, 0.05) is 5.69 Å². The van der Waals surface area contributed by atoms with Crippen LogP contribution in [0.3, 0.4) is 0 Å². The van der Waals surface area contributed by atoms with E-state index >= 15 is 0 Å². The number of aryl methyl sites for hydroxylation is 1. The average Bonchev–Trinajstić information content (AvgIpc) is 2.68. The summed E-state index contributed by atoms with van der Waals surface area (Å²) in [5.74, 6) is 0.669. The summed E-state index contributed by atoms with van der Waals surface area (Å²) in [7, 11) is 3.12. The first-order chi connectivity index (χ1) is 13.0. The van der Waals surface area contributed by atoms with Gasteiger partial charge in [-0.2, -0.15) is 5.26 Å². The van der Waals surface area contributed by atoms with Crippen LogP contribution in [0.4, 0.5) is 5.69 Å². The van der Waals surface area contributed by atoms with Crippen molar-refractivity contribution in [3.05, 3.63) is 64.2 Å². The lowest BCUT2D eigenvalue weighted by atomic mass is 10.0. The zero-order valence-corrected chi connectivity index (χ0v) is 16.1. The molecule has 0 bridgehead atoms. The molecule has 1 aliphatic rings. The summed E-state index contributed by atoms with van der Waals surface area (Å²) in [6.07, 6.45) is -0.553. The number of benzene rings is 2. The van der Waals surface area contributed by atoms with Gasteiger partial charge in [0.15, 0.2) is 11.5 Å². The first-order valence-corrected chi connectivity index (χ1v) is 8.67. The van der Waals surface area contributed by atoms with Crippen molar-refractivity contribution in [2.45, 2.75) is 13.1 Å². The highest BCUT2D eigenvalue weighted by Crippen LogP contribution is 2.39. The summed E-state index contributed by atoms with van der Waals surface area (Å²) in [6.45, 7) is 1.96. The number of rotatable bonds is 4. The maximum atomic E-state index is 12.4. The maximum absolute atomic E-state index is 12.4. The summed E-state index contributed by atoms with van der Waals surface area (Å²) in [4.78, 5) is 14.3. The monoisotopic (exact) mass is 381 g/mol. The van der Waals surface area contributed by atoms with Crippen LogP contribution in [0.5, 0.6) is 11.5 Å². The van der Waals surface area contributed by atoms with E-state index in [2.05, 4.69) is 17.9 Å². The number of carbonyl (C=O) groups is 1. The largest absolute Gasteiger partial charge is 0.493 e. The lowest BCUT2D eigenvalue weighted by molar-refractivity contribution is -0.118. The molecular weight excluding hydrogens is 362 g/mol. The van der Waals surface area contributed by atoms with Gasteiger partial charge in [0.1, 0.15) is 17.8 Å². The van der Waals surface area contributed by atoms with Crippen LogP contribution in [-0.4, -0.2) is 20.1 Å². The Balaban J connectivity index is 2.19. The molecule has 1 N–H and O–H groups in total. The number of nitriles is 1. The Kier molecular flexibility index (Phi) is 5.28. The first kappa shape index (κ1) is 18.7. The molecule has 0 saturated heterocycles. The number of nitrogens with one attached hydrogen (secondary N) is 1. The molecule has 3 rings (SSSR count). The van der Waals surface area contributed by atoms with E-state index in [1.807, 2.05) is 48.2 Å². The van der Waals surface area contributed by atoms with Crippen LogP contribution in [0, 0.1) is 18.3 Å². The van der Waals surface area contributed by atoms with Gasteiger partial charge < -0.3 is 19.7 Å². The molecule has 0 fully saturated rings. The standard InChI is InChI=1S/C20H19N3O3S/c1-12-6-4-5-7-15(12)23-18(22-19(24)14(11-21)20(23)27)13-8-9-16(25-2)17(10-13)26-3/h4-10,18,27H,1-3H3,(H,22,24)/t18-/m0/s1. The Morgan fingerprint density at radius 3 is 2.48 bits per heavy atom. The number of ether oxygens (including phenoxy) is 2. The van der Waals surface area contributed by atoms with Gasteiger partial charge in [0.25, 0.3) is 5.91 Å². The highest BCUT2D eigenvalue weighted by atomic mass is 32.1. The van der Waals surface area contributed by atoms with Crippen molar-refractivity contribution in [2.75, 3.05) is 19.1 Å². The first-order valence-electron chi connectivity index (χ1n) is 8.22. The number of para-hydroxylation sites is 1.